The molecule has 1 aromatic carbocycles. The number of aromatic nitrogens is 2. The van der Waals surface area contributed by atoms with Gasteiger partial charge in [0, 0.05) is 42.0 Å². The molecule has 0 unspecified atom stereocenters. The molecule has 9 heteroatoms. The number of fused-ring (bicyclic) bond motifs is 1. The second-order valence-corrected chi connectivity index (χ2v) is 7.95. The fraction of sp³-hybridized carbons (Fsp3) is 0.368. The lowest BCUT2D eigenvalue weighted by Gasteiger charge is -2.31. The zero-order chi connectivity index (χ0) is 19.5. The summed E-state index contributed by atoms with van der Waals surface area (Å²) in [5.41, 5.74) is 7.36. The maximum atomic E-state index is 11.7. The van der Waals surface area contributed by atoms with Crippen molar-refractivity contribution in [1.82, 2.24) is 9.97 Å². The Labute approximate surface area is 166 Å². The molecule has 28 heavy (non-hydrogen) atoms. The van der Waals surface area contributed by atoms with Gasteiger partial charge in [0.05, 0.1) is 10.4 Å². The number of nitro groups is 1. The molecule has 3 heterocycles. The number of benzene rings is 1. The van der Waals surface area contributed by atoms with Crippen LogP contribution in [0.1, 0.15) is 17.7 Å². The van der Waals surface area contributed by atoms with Crippen molar-refractivity contribution in [3.8, 4) is 0 Å². The van der Waals surface area contributed by atoms with E-state index in [2.05, 4.69) is 21.4 Å². The molecule has 1 aliphatic heterocycles. The first-order valence-electron chi connectivity index (χ1n) is 9.32. The van der Waals surface area contributed by atoms with Gasteiger partial charge in [-0.05, 0) is 36.8 Å². The average molecular weight is 398 g/mol. The van der Waals surface area contributed by atoms with E-state index in [1.165, 1.54) is 11.2 Å². The predicted octanol–water partition coefficient (Wildman–Crippen LogP) is 3.18. The number of rotatable bonds is 6. The van der Waals surface area contributed by atoms with E-state index in [1.54, 1.807) is 23.5 Å². The van der Waals surface area contributed by atoms with Gasteiger partial charge in [-0.2, -0.15) is 0 Å². The van der Waals surface area contributed by atoms with Crippen LogP contribution in [0.3, 0.4) is 0 Å². The average Bonchev–Trinajstić information content (AvgIpc) is 3.21. The largest absolute Gasteiger partial charge is 0.369 e. The van der Waals surface area contributed by atoms with Crippen molar-refractivity contribution in [2.75, 3.05) is 29.9 Å². The van der Waals surface area contributed by atoms with Crippen LogP contribution >= 0.6 is 11.3 Å². The van der Waals surface area contributed by atoms with Crippen molar-refractivity contribution in [1.29, 1.82) is 0 Å². The van der Waals surface area contributed by atoms with Gasteiger partial charge in [-0.25, -0.2) is 9.97 Å². The maximum absolute atomic E-state index is 11.7. The topological polar surface area (TPSA) is 110 Å². The van der Waals surface area contributed by atoms with Crippen molar-refractivity contribution in [3.63, 3.8) is 0 Å². The molecule has 0 radical (unpaired) electrons. The highest BCUT2D eigenvalue weighted by atomic mass is 32.1. The Balaban J connectivity index is 1.63. The Morgan fingerprint density at radius 3 is 2.86 bits per heavy atom. The summed E-state index contributed by atoms with van der Waals surface area (Å²) in [4.78, 5) is 23.4. The van der Waals surface area contributed by atoms with Crippen LogP contribution in [0, 0.1) is 10.1 Å². The highest BCUT2D eigenvalue weighted by Crippen LogP contribution is 2.35. The molecule has 3 N–H and O–H groups in total. The summed E-state index contributed by atoms with van der Waals surface area (Å²) in [6.07, 6.45) is 4.03. The predicted molar refractivity (Wildman–Crippen MR) is 112 cm³/mol. The first kappa shape index (κ1) is 18.6. The van der Waals surface area contributed by atoms with Gasteiger partial charge >= 0.3 is 0 Å². The Bertz CT molecular complexity index is 970. The summed E-state index contributed by atoms with van der Waals surface area (Å²) in [6.45, 7) is 2.13. The van der Waals surface area contributed by atoms with E-state index in [0.717, 1.165) is 19.3 Å². The van der Waals surface area contributed by atoms with Crippen LogP contribution in [0.25, 0.3) is 10.9 Å². The molecule has 0 amide bonds. The van der Waals surface area contributed by atoms with Crippen LogP contribution in [0.2, 0.25) is 0 Å². The molecule has 0 atom stereocenters. The number of thiophene rings is 1. The zero-order valence-electron chi connectivity index (χ0n) is 15.4. The second-order valence-electron chi connectivity index (χ2n) is 6.92. The molecule has 1 aliphatic rings. The highest BCUT2D eigenvalue weighted by Gasteiger charge is 2.25. The Hall–Kier alpha value is -2.78. The number of hydrogen-bond acceptors (Lipinski definition) is 8. The van der Waals surface area contributed by atoms with Crippen molar-refractivity contribution in [2.24, 2.45) is 5.73 Å². The SMILES string of the molecule is NC1CCN(c2cc3ncnc(NCCc4cccs4)c3cc2[N+](=O)[O-])CC1. The lowest BCUT2D eigenvalue weighted by atomic mass is 10.0. The van der Waals surface area contributed by atoms with Gasteiger partial charge in [0.15, 0.2) is 0 Å². The maximum Gasteiger partial charge on any atom is 0.293 e. The summed E-state index contributed by atoms with van der Waals surface area (Å²) in [5, 5.41) is 17.8. The molecule has 146 valence electrons. The molecule has 0 spiro atoms. The quantitative estimate of drug-likeness (QED) is 0.485. The minimum atomic E-state index is -0.328. The number of piperidine rings is 1. The molecule has 0 saturated carbocycles. The molecule has 3 aromatic rings. The third kappa shape index (κ3) is 3.90. The number of nitrogens with zero attached hydrogens (tertiary/aromatic N) is 4. The van der Waals surface area contributed by atoms with Gasteiger partial charge in [-0.1, -0.05) is 6.07 Å². The minimum absolute atomic E-state index is 0.0825. The molecule has 8 nitrogen and oxygen atoms in total. The van der Waals surface area contributed by atoms with Crippen molar-refractivity contribution in [2.45, 2.75) is 25.3 Å². The number of nitrogens with two attached hydrogens (primary N) is 1. The molecule has 0 aliphatic carbocycles. The standard InChI is InChI=1S/C19H22N6O2S/c20-13-4-7-24(8-5-13)17-11-16-15(10-18(17)25(26)27)19(23-12-22-16)21-6-3-14-2-1-9-28-14/h1-2,9-13H,3-8,20H2,(H,21,22,23). The fourth-order valence-corrected chi connectivity index (χ4v) is 4.23. The normalized spacial score (nSPS) is 15.1. The molecule has 2 aromatic heterocycles. The third-order valence-electron chi connectivity index (χ3n) is 5.05. The summed E-state index contributed by atoms with van der Waals surface area (Å²) in [6, 6.07) is 7.67. The molecule has 4 rings (SSSR count). The molecule has 0 bridgehead atoms. The van der Waals surface area contributed by atoms with Crippen LogP contribution in [0.4, 0.5) is 17.2 Å². The number of anilines is 2. The van der Waals surface area contributed by atoms with Crippen molar-refractivity contribution < 1.29 is 4.92 Å². The minimum Gasteiger partial charge on any atom is -0.369 e. The first-order chi connectivity index (χ1) is 13.6. The van der Waals surface area contributed by atoms with E-state index in [0.29, 0.717) is 42.0 Å². The van der Waals surface area contributed by atoms with Crippen molar-refractivity contribution in [3.05, 3.63) is 51.0 Å². The van der Waals surface area contributed by atoms with Gasteiger partial charge in [0.25, 0.3) is 5.69 Å². The summed E-state index contributed by atoms with van der Waals surface area (Å²) in [5.74, 6) is 0.622. The van der Waals surface area contributed by atoms with Crippen LogP contribution in [0.5, 0.6) is 0 Å². The number of nitro benzene ring substituents is 1. The van der Waals surface area contributed by atoms with Gasteiger partial charge in [-0.3, -0.25) is 10.1 Å². The molecular formula is C19H22N6O2S. The lowest BCUT2D eigenvalue weighted by molar-refractivity contribution is -0.384. The van der Waals surface area contributed by atoms with Crippen LogP contribution < -0.4 is 16.0 Å². The second kappa shape index (κ2) is 8.07. The molecule has 1 saturated heterocycles. The molecule has 1 fully saturated rings. The number of nitrogens with one attached hydrogen (secondary N) is 1. The third-order valence-corrected chi connectivity index (χ3v) is 5.99. The Morgan fingerprint density at radius 1 is 1.32 bits per heavy atom. The van der Waals surface area contributed by atoms with Crippen LogP contribution in [0.15, 0.2) is 36.0 Å². The molecular weight excluding hydrogens is 376 g/mol. The van der Waals surface area contributed by atoms with E-state index in [4.69, 9.17) is 5.73 Å². The highest BCUT2D eigenvalue weighted by molar-refractivity contribution is 7.09. The van der Waals surface area contributed by atoms with E-state index >= 15 is 0 Å². The summed E-state index contributed by atoms with van der Waals surface area (Å²) < 4.78 is 0. The van der Waals surface area contributed by atoms with Gasteiger partial charge in [0.1, 0.15) is 17.8 Å². The summed E-state index contributed by atoms with van der Waals surface area (Å²) >= 11 is 1.71. The fourth-order valence-electron chi connectivity index (χ4n) is 3.52. The monoisotopic (exact) mass is 398 g/mol. The number of hydrogen-bond donors (Lipinski definition) is 2. The van der Waals surface area contributed by atoms with Gasteiger partial charge in [-0.15, -0.1) is 11.3 Å². The van der Waals surface area contributed by atoms with Crippen molar-refractivity contribution >= 4 is 39.4 Å². The summed E-state index contributed by atoms with van der Waals surface area (Å²) in [7, 11) is 0. The van der Waals surface area contributed by atoms with E-state index < -0.39 is 0 Å². The van der Waals surface area contributed by atoms with Gasteiger partial charge in [0.2, 0.25) is 0 Å². The Morgan fingerprint density at radius 2 is 2.14 bits per heavy atom. The smallest absolute Gasteiger partial charge is 0.293 e. The van der Waals surface area contributed by atoms with Crippen LogP contribution in [-0.4, -0.2) is 40.6 Å². The zero-order valence-corrected chi connectivity index (χ0v) is 16.2. The van der Waals surface area contributed by atoms with Crippen LogP contribution in [-0.2, 0) is 6.42 Å². The Kier molecular flexibility index (Phi) is 5.36. The van der Waals surface area contributed by atoms with Gasteiger partial charge < -0.3 is 16.0 Å². The van der Waals surface area contributed by atoms with E-state index in [9.17, 15) is 10.1 Å². The van der Waals surface area contributed by atoms with E-state index in [1.807, 2.05) is 16.3 Å². The van der Waals surface area contributed by atoms with E-state index in [-0.39, 0.29) is 16.7 Å². The first-order valence-corrected chi connectivity index (χ1v) is 10.2. The lowest BCUT2D eigenvalue weighted by Crippen LogP contribution is -2.39.